The lowest BCUT2D eigenvalue weighted by atomic mass is 9.99. The predicted molar refractivity (Wildman–Crippen MR) is 85.2 cm³/mol. The molecule has 0 spiro atoms. The second kappa shape index (κ2) is 6.45. The molecule has 1 amide bonds. The topological polar surface area (TPSA) is 103 Å². The van der Waals surface area contributed by atoms with Crippen LogP contribution in [0, 0.1) is 0 Å². The molecule has 1 heterocycles. The third-order valence-electron chi connectivity index (χ3n) is 3.45. The van der Waals surface area contributed by atoms with E-state index in [1.807, 2.05) is 36.4 Å². The number of H-pyrrole nitrogens is 1. The standard InChI is InChI=1S/C16H16N4O3/c1-22-8-9-23-12-7-6-10-4-2-3-5-11(10)13(12)14-15(16(17)21)19-20-18-14/h2-7H,8-9H2,1H3,(H2,17,21)(H,18,19,20). The molecule has 0 unspecified atom stereocenters. The van der Waals surface area contributed by atoms with Gasteiger partial charge in [0.25, 0.3) is 5.91 Å². The van der Waals surface area contributed by atoms with Crippen molar-refractivity contribution < 1.29 is 14.3 Å². The minimum atomic E-state index is -0.649. The van der Waals surface area contributed by atoms with Crippen LogP contribution in [0.3, 0.4) is 0 Å². The lowest BCUT2D eigenvalue weighted by Gasteiger charge is -2.13. The molecule has 0 aliphatic rings. The van der Waals surface area contributed by atoms with Gasteiger partial charge in [0.15, 0.2) is 5.69 Å². The number of nitrogens with zero attached hydrogens (tertiary/aromatic N) is 2. The molecule has 0 radical (unpaired) electrons. The SMILES string of the molecule is COCCOc1ccc2ccccc2c1-c1n[nH]nc1C(N)=O. The summed E-state index contributed by atoms with van der Waals surface area (Å²) in [6.45, 7) is 0.833. The van der Waals surface area contributed by atoms with Crippen molar-refractivity contribution in [1.82, 2.24) is 15.4 Å². The average molecular weight is 312 g/mol. The third kappa shape index (κ3) is 2.86. The van der Waals surface area contributed by atoms with E-state index in [1.165, 1.54) is 0 Å². The molecule has 0 aliphatic carbocycles. The number of ether oxygens (including phenoxy) is 2. The fourth-order valence-electron chi connectivity index (χ4n) is 2.43. The number of primary amides is 1. The van der Waals surface area contributed by atoms with E-state index in [9.17, 15) is 4.79 Å². The van der Waals surface area contributed by atoms with Crippen molar-refractivity contribution in [2.24, 2.45) is 5.73 Å². The van der Waals surface area contributed by atoms with E-state index in [0.29, 0.717) is 30.2 Å². The van der Waals surface area contributed by atoms with E-state index in [1.54, 1.807) is 7.11 Å². The van der Waals surface area contributed by atoms with E-state index >= 15 is 0 Å². The van der Waals surface area contributed by atoms with Crippen LogP contribution in [0.1, 0.15) is 10.5 Å². The minimum absolute atomic E-state index is 0.0814. The Hall–Kier alpha value is -2.93. The van der Waals surface area contributed by atoms with Crippen LogP contribution in [0.25, 0.3) is 22.0 Å². The summed E-state index contributed by atoms with van der Waals surface area (Å²) in [6, 6.07) is 11.6. The van der Waals surface area contributed by atoms with Crippen molar-refractivity contribution in [3.8, 4) is 17.0 Å². The molecule has 7 nitrogen and oxygen atoms in total. The van der Waals surface area contributed by atoms with Gasteiger partial charge in [-0.2, -0.15) is 15.4 Å². The van der Waals surface area contributed by atoms with Gasteiger partial charge in [-0.1, -0.05) is 30.3 Å². The summed E-state index contributed by atoms with van der Waals surface area (Å²) in [5.74, 6) is -0.0540. The van der Waals surface area contributed by atoms with Crippen LogP contribution in [0.5, 0.6) is 5.75 Å². The number of aromatic nitrogens is 3. The first-order valence-corrected chi connectivity index (χ1v) is 7.06. The second-order valence-electron chi connectivity index (χ2n) is 4.89. The van der Waals surface area contributed by atoms with Crippen LogP contribution in [0.2, 0.25) is 0 Å². The van der Waals surface area contributed by atoms with Gasteiger partial charge in [0.2, 0.25) is 0 Å². The number of benzene rings is 2. The fraction of sp³-hybridized carbons (Fsp3) is 0.188. The molecule has 0 saturated carbocycles. The summed E-state index contributed by atoms with van der Waals surface area (Å²) >= 11 is 0. The molecule has 2 aromatic carbocycles. The van der Waals surface area contributed by atoms with E-state index in [4.69, 9.17) is 15.2 Å². The van der Waals surface area contributed by atoms with Gasteiger partial charge in [0.05, 0.1) is 12.2 Å². The van der Waals surface area contributed by atoms with Crippen molar-refractivity contribution in [3.63, 3.8) is 0 Å². The Balaban J connectivity index is 2.20. The fourth-order valence-corrected chi connectivity index (χ4v) is 2.43. The summed E-state index contributed by atoms with van der Waals surface area (Å²) in [5, 5.41) is 12.3. The van der Waals surface area contributed by atoms with Crippen LogP contribution < -0.4 is 10.5 Å². The molecule has 7 heteroatoms. The Bertz CT molecular complexity index is 844. The Morgan fingerprint density at radius 2 is 2.00 bits per heavy atom. The van der Waals surface area contributed by atoms with Crippen LogP contribution in [0.15, 0.2) is 36.4 Å². The maximum absolute atomic E-state index is 11.6. The maximum Gasteiger partial charge on any atom is 0.271 e. The minimum Gasteiger partial charge on any atom is -0.490 e. The molecule has 0 atom stereocenters. The maximum atomic E-state index is 11.6. The molecule has 118 valence electrons. The highest BCUT2D eigenvalue weighted by molar-refractivity contribution is 6.05. The summed E-state index contributed by atoms with van der Waals surface area (Å²) in [6.07, 6.45) is 0. The van der Waals surface area contributed by atoms with Crippen molar-refractivity contribution in [1.29, 1.82) is 0 Å². The lowest BCUT2D eigenvalue weighted by Crippen LogP contribution is -2.13. The summed E-state index contributed by atoms with van der Waals surface area (Å²) < 4.78 is 10.8. The van der Waals surface area contributed by atoms with Crippen molar-refractivity contribution in [3.05, 3.63) is 42.1 Å². The summed E-state index contributed by atoms with van der Waals surface area (Å²) in [5.41, 5.74) is 6.53. The van der Waals surface area contributed by atoms with Crippen LogP contribution in [-0.2, 0) is 4.74 Å². The lowest BCUT2D eigenvalue weighted by molar-refractivity contribution is 0.0996. The van der Waals surface area contributed by atoms with E-state index < -0.39 is 5.91 Å². The van der Waals surface area contributed by atoms with Gasteiger partial charge < -0.3 is 15.2 Å². The number of carbonyl (C=O) groups is 1. The number of amides is 1. The number of fused-ring (bicyclic) bond motifs is 1. The molecule has 23 heavy (non-hydrogen) atoms. The Labute approximate surface area is 132 Å². The zero-order chi connectivity index (χ0) is 16.2. The molecule has 0 aliphatic heterocycles. The van der Waals surface area contributed by atoms with E-state index in [-0.39, 0.29) is 5.69 Å². The smallest absolute Gasteiger partial charge is 0.271 e. The summed E-state index contributed by atoms with van der Waals surface area (Å²) in [7, 11) is 1.60. The number of hydrogen-bond donors (Lipinski definition) is 2. The predicted octanol–water partition coefficient (Wildman–Crippen LogP) is 1.75. The highest BCUT2D eigenvalue weighted by Gasteiger charge is 2.21. The zero-order valence-corrected chi connectivity index (χ0v) is 12.6. The first-order valence-electron chi connectivity index (χ1n) is 7.06. The Kier molecular flexibility index (Phi) is 4.20. The normalized spacial score (nSPS) is 10.8. The number of aromatic amines is 1. The molecule has 3 aromatic rings. The molecule has 0 saturated heterocycles. The number of hydrogen-bond acceptors (Lipinski definition) is 5. The number of nitrogens with one attached hydrogen (secondary N) is 1. The quantitative estimate of drug-likeness (QED) is 0.675. The van der Waals surface area contributed by atoms with Crippen molar-refractivity contribution >= 4 is 16.7 Å². The molecular formula is C16H16N4O3. The van der Waals surface area contributed by atoms with Gasteiger partial charge in [0.1, 0.15) is 18.1 Å². The third-order valence-corrected chi connectivity index (χ3v) is 3.45. The van der Waals surface area contributed by atoms with Gasteiger partial charge in [-0.15, -0.1) is 0 Å². The monoisotopic (exact) mass is 312 g/mol. The second-order valence-corrected chi connectivity index (χ2v) is 4.89. The highest BCUT2D eigenvalue weighted by atomic mass is 16.5. The molecule has 0 fully saturated rings. The van der Waals surface area contributed by atoms with Gasteiger partial charge in [-0.25, -0.2) is 0 Å². The first-order chi connectivity index (χ1) is 11.2. The Morgan fingerprint density at radius 1 is 1.17 bits per heavy atom. The number of methoxy groups -OCH3 is 1. The van der Waals surface area contributed by atoms with Gasteiger partial charge in [-0.3, -0.25) is 4.79 Å². The largest absolute Gasteiger partial charge is 0.490 e. The highest BCUT2D eigenvalue weighted by Crippen LogP contribution is 2.37. The number of carbonyl (C=O) groups excluding carboxylic acids is 1. The van der Waals surface area contributed by atoms with Crippen molar-refractivity contribution in [2.75, 3.05) is 20.3 Å². The van der Waals surface area contributed by atoms with Crippen LogP contribution in [-0.4, -0.2) is 41.6 Å². The van der Waals surface area contributed by atoms with Crippen molar-refractivity contribution in [2.45, 2.75) is 0 Å². The first kappa shape index (κ1) is 15.0. The van der Waals surface area contributed by atoms with Crippen LogP contribution >= 0.6 is 0 Å². The Morgan fingerprint density at radius 3 is 2.78 bits per heavy atom. The molecule has 3 rings (SSSR count). The molecular weight excluding hydrogens is 296 g/mol. The van der Waals surface area contributed by atoms with Crippen LogP contribution in [0.4, 0.5) is 0 Å². The average Bonchev–Trinajstić information content (AvgIpc) is 3.04. The number of rotatable bonds is 6. The summed E-state index contributed by atoms with van der Waals surface area (Å²) in [4.78, 5) is 11.6. The zero-order valence-electron chi connectivity index (χ0n) is 12.6. The van der Waals surface area contributed by atoms with E-state index in [0.717, 1.165) is 10.8 Å². The van der Waals surface area contributed by atoms with Gasteiger partial charge >= 0.3 is 0 Å². The molecule has 0 bridgehead atoms. The molecule has 3 N–H and O–H groups in total. The molecule has 1 aromatic heterocycles. The van der Waals surface area contributed by atoms with E-state index in [2.05, 4.69) is 15.4 Å². The number of nitrogens with two attached hydrogens (primary N) is 1. The van der Waals surface area contributed by atoms with Gasteiger partial charge in [0, 0.05) is 7.11 Å². The van der Waals surface area contributed by atoms with Gasteiger partial charge in [-0.05, 0) is 16.8 Å².